The molecule has 0 aliphatic carbocycles. The molecule has 0 aromatic heterocycles. The fourth-order valence-electron chi connectivity index (χ4n) is 4.98. The molecule has 0 radical (unpaired) electrons. The average molecular weight is 472 g/mol. The van der Waals surface area contributed by atoms with E-state index in [1.807, 2.05) is 17.2 Å². The van der Waals surface area contributed by atoms with Crippen LogP contribution in [0.3, 0.4) is 0 Å². The third-order valence-electron chi connectivity index (χ3n) is 6.97. The summed E-state index contributed by atoms with van der Waals surface area (Å²) in [7, 11) is 2.12. The number of hydrogen-bond acceptors (Lipinski definition) is 7. The summed E-state index contributed by atoms with van der Waals surface area (Å²) >= 11 is 0. The molecular weight excluding hydrogens is 440 g/mol. The number of nitrogens with zero attached hydrogens (tertiary/aromatic N) is 5. The van der Waals surface area contributed by atoms with E-state index in [0.717, 1.165) is 45.2 Å². The lowest BCUT2D eigenvalue weighted by Crippen LogP contribution is -2.47. The molecule has 0 saturated carbocycles. The standard InChI is InChI=1S/C24H31F2N7O/c1-30-11-13-31(14-12-30)10-7-27-24(34)19-16-28-33-9-6-22(29-23(19)33)32-8-2-3-21(32)18-15-17(25)4-5-20(18)26/h4-6,9,15,21,28H,2-3,7-8,10-14,16H2,1H3,(H,27,34). The largest absolute Gasteiger partial charge is 0.351 e. The van der Waals surface area contributed by atoms with E-state index in [-0.39, 0.29) is 11.9 Å². The maximum absolute atomic E-state index is 14.5. The van der Waals surface area contributed by atoms with Gasteiger partial charge in [-0.3, -0.25) is 14.7 Å². The summed E-state index contributed by atoms with van der Waals surface area (Å²) in [4.78, 5) is 24.4. The number of carbonyl (C=O) groups excluding carboxylic acids is 1. The predicted octanol–water partition coefficient (Wildman–Crippen LogP) is 1.42. The zero-order valence-electron chi connectivity index (χ0n) is 19.4. The Kier molecular flexibility index (Phi) is 6.62. The van der Waals surface area contributed by atoms with Gasteiger partial charge in [-0.25, -0.2) is 19.2 Å². The molecule has 2 fully saturated rings. The van der Waals surface area contributed by atoms with Crippen LogP contribution in [-0.2, 0) is 4.79 Å². The number of halogens is 2. The van der Waals surface area contributed by atoms with Gasteiger partial charge in [0.2, 0.25) is 0 Å². The molecular formula is C24H31F2N7O. The normalized spacial score (nSPS) is 23.5. The van der Waals surface area contributed by atoms with Gasteiger partial charge in [0.05, 0.1) is 11.6 Å². The zero-order valence-corrected chi connectivity index (χ0v) is 19.4. The number of hydrazine groups is 1. The van der Waals surface area contributed by atoms with Crippen LogP contribution < -0.4 is 10.7 Å². The van der Waals surface area contributed by atoms with Crippen molar-refractivity contribution < 1.29 is 13.6 Å². The van der Waals surface area contributed by atoms with Gasteiger partial charge in [0.1, 0.15) is 17.5 Å². The van der Waals surface area contributed by atoms with Gasteiger partial charge in [0.25, 0.3) is 5.91 Å². The minimum atomic E-state index is -0.450. The average Bonchev–Trinajstić information content (AvgIpc) is 3.49. The summed E-state index contributed by atoms with van der Waals surface area (Å²) < 4.78 is 28.3. The molecule has 1 aromatic carbocycles. The molecule has 8 nitrogen and oxygen atoms in total. The number of likely N-dealkylation sites (tertiary alicyclic amines) is 1. The molecule has 34 heavy (non-hydrogen) atoms. The van der Waals surface area contributed by atoms with Crippen molar-refractivity contribution in [3.63, 3.8) is 0 Å². The predicted molar refractivity (Wildman–Crippen MR) is 125 cm³/mol. The van der Waals surface area contributed by atoms with Crippen molar-refractivity contribution in [3.05, 3.63) is 59.1 Å². The number of amidine groups is 1. The third-order valence-corrected chi connectivity index (χ3v) is 6.97. The van der Waals surface area contributed by atoms with Gasteiger partial charge < -0.3 is 15.1 Å². The molecule has 2 N–H and O–H groups in total. The van der Waals surface area contributed by atoms with Crippen molar-refractivity contribution in [3.8, 4) is 0 Å². The lowest BCUT2D eigenvalue weighted by Gasteiger charge is -2.32. The molecule has 4 aliphatic rings. The van der Waals surface area contributed by atoms with E-state index in [1.54, 1.807) is 5.01 Å². The highest BCUT2D eigenvalue weighted by Gasteiger charge is 2.34. The molecule has 4 aliphatic heterocycles. The summed E-state index contributed by atoms with van der Waals surface area (Å²) in [6.45, 7) is 6.59. The summed E-state index contributed by atoms with van der Waals surface area (Å²) in [6, 6.07) is 3.29. The van der Waals surface area contributed by atoms with Crippen LogP contribution in [0.1, 0.15) is 24.4 Å². The molecule has 1 atom stereocenters. The van der Waals surface area contributed by atoms with E-state index in [4.69, 9.17) is 4.99 Å². The second kappa shape index (κ2) is 9.81. The second-order valence-electron chi connectivity index (χ2n) is 9.21. The van der Waals surface area contributed by atoms with Crippen molar-refractivity contribution in [2.24, 2.45) is 4.99 Å². The van der Waals surface area contributed by atoms with E-state index >= 15 is 0 Å². The van der Waals surface area contributed by atoms with Gasteiger partial charge in [0, 0.05) is 64.1 Å². The van der Waals surface area contributed by atoms with Gasteiger partial charge in [-0.1, -0.05) is 0 Å². The molecule has 1 unspecified atom stereocenters. The number of piperazine rings is 1. The summed E-state index contributed by atoms with van der Waals surface area (Å²) in [5.74, 6) is 0.215. The summed E-state index contributed by atoms with van der Waals surface area (Å²) in [6.07, 6.45) is 5.25. The minimum absolute atomic E-state index is 0.133. The van der Waals surface area contributed by atoms with Gasteiger partial charge in [-0.2, -0.15) is 0 Å². The number of amides is 1. The molecule has 0 spiro atoms. The molecule has 5 rings (SSSR count). The Morgan fingerprint density at radius 3 is 2.85 bits per heavy atom. The Hall–Kier alpha value is -2.82. The molecule has 2 saturated heterocycles. The van der Waals surface area contributed by atoms with Gasteiger partial charge >= 0.3 is 0 Å². The van der Waals surface area contributed by atoms with E-state index in [2.05, 4.69) is 27.6 Å². The maximum atomic E-state index is 14.5. The fourth-order valence-corrected chi connectivity index (χ4v) is 4.98. The highest BCUT2D eigenvalue weighted by atomic mass is 19.1. The molecule has 182 valence electrons. The van der Waals surface area contributed by atoms with Gasteiger partial charge in [-0.15, -0.1) is 0 Å². The Balaban J connectivity index is 1.28. The number of rotatable bonds is 5. The third kappa shape index (κ3) is 4.70. The topological polar surface area (TPSA) is 66.5 Å². The lowest BCUT2D eigenvalue weighted by molar-refractivity contribution is -0.117. The molecule has 1 aromatic rings. The van der Waals surface area contributed by atoms with Crippen LogP contribution in [-0.4, -0.2) is 90.9 Å². The van der Waals surface area contributed by atoms with E-state index in [0.29, 0.717) is 48.8 Å². The van der Waals surface area contributed by atoms with Crippen LogP contribution in [0.25, 0.3) is 0 Å². The van der Waals surface area contributed by atoms with Crippen molar-refractivity contribution in [1.29, 1.82) is 0 Å². The number of likely N-dealkylation sites (N-methyl/N-ethyl adjacent to an activating group) is 1. The first-order chi connectivity index (χ1) is 16.5. The highest BCUT2D eigenvalue weighted by Crippen LogP contribution is 2.35. The monoisotopic (exact) mass is 471 g/mol. The van der Waals surface area contributed by atoms with E-state index in [1.165, 1.54) is 12.1 Å². The Morgan fingerprint density at radius 2 is 2.03 bits per heavy atom. The van der Waals surface area contributed by atoms with Crippen molar-refractivity contribution in [2.45, 2.75) is 18.9 Å². The van der Waals surface area contributed by atoms with Gasteiger partial charge in [0.15, 0.2) is 5.82 Å². The number of benzene rings is 1. The van der Waals surface area contributed by atoms with Crippen LogP contribution in [0.2, 0.25) is 0 Å². The molecule has 1 amide bonds. The van der Waals surface area contributed by atoms with Gasteiger partial charge in [-0.05, 0) is 44.2 Å². The molecule has 10 heteroatoms. The Labute approximate surface area is 198 Å². The first-order valence-corrected chi connectivity index (χ1v) is 11.9. The van der Waals surface area contributed by atoms with E-state index in [9.17, 15) is 13.6 Å². The fraction of sp³-hybridized carbons (Fsp3) is 0.500. The van der Waals surface area contributed by atoms with Crippen LogP contribution in [0, 0.1) is 11.6 Å². The molecule has 0 bridgehead atoms. The SMILES string of the molecule is CN1CCN(CCNC(=O)C2=C3N=C(N4CCCC4c4cc(F)ccc4F)C=CN3NC2)CC1. The van der Waals surface area contributed by atoms with Crippen molar-refractivity contribution >= 4 is 11.7 Å². The number of fused-ring (bicyclic) bond motifs is 1. The quantitative estimate of drug-likeness (QED) is 0.678. The van der Waals surface area contributed by atoms with Crippen LogP contribution in [0.4, 0.5) is 8.78 Å². The first kappa shape index (κ1) is 22.9. The number of carbonyl (C=O) groups is 1. The summed E-state index contributed by atoms with van der Waals surface area (Å²) in [5, 5.41) is 4.77. The maximum Gasteiger partial charge on any atom is 0.252 e. The number of nitrogens with one attached hydrogen (secondary N) is 2. The summed E-state index contributed by atoms with van der Waals surface area (Å²) in [5.41, 5.74) is 4.09. The number of aliphatic imine (C=N–C) groups is 1. The first-order valence-electron chi connectivity index (χ1n) is 11.9. The lowest BCUT2D eigenvalue weighted by atomic mass is 10.0. The Bertz CT molecular complexity index is 1030. The zero-order chi connectivity index (χ0) is 23.7. The number of hydrogen-bond donors (Lipinski definition) is 2. The van der Waals surface area contributed by atoms with E-state index < -0.39 is 11.6 Å². The molecule has 4 heterocycles. The van der Waals surface area contributed by atoms with Crippen LogP contribution in [0.15, 0.2) is 46.9 Å². The van der Waals surface area contributed by atoms with Crippen LogP contribution >= 0.6 is 0 Å². The van der Waals surface area contributed by atoms with Crippen molar-refractivity contribution in [1.82, 2.24) is 30.5 Å². The second-order valence-corrected chi connectivity index (χ2v) is 9.21. The minimum Gasteiger partial charge on any atom is -0.351 e. The smallest absolute Gasteiger partial charge is 0.252 e. The van der Waals surface area contributed by atoms with Crippen LogP contribution in [0.5, 0.6) is 0 Å². The Morgan fingerprint density at radius 1 is 1.21 bits per heavy atom. The highest BCUT2D eigenvalue weighted by molar-refractivity contribution is 5.98. The van der Waals surface area contributed by atoms with Crippen molar-refractivity contribution in [2.75, 3.05) is 59.4 Å².